The van der Waals surface area contributed by atoms with Gasteiger partial charge in [-0.1, -0.05) is 35.9 Å². The maximum absolute atomic E-state index is 13.3. The maximum atomic E-state index is 13.3. The van der Waals surface area contributed by atoms with E-state index < -0.39 is 5.41 Å². The van der Waals surface area contributed by atoms with Crippen LogP contribution in [0.1, 0.15) is 36.9 Å². The van der Waals surface area contributed by atoms with Crippen molar-refractivity contribution in [3.8, 4) is 5.69 Å². The van der Waals surface area contributed by atoms with E-state index in [1.165, 1.54) is 6.33 Å². The van der Waals surface area contributed by atoms with E-state index >= 15 is 0 Å². The molecule has 1 aromatic heterocycles. The Balaban J connectivity index is 1.53. The molecule has 4 rings (SSSR count). The lowest BCUT2D eigenvalue weighted by Crippen LogP contribution is -2.38. The fourth-order valence-electron chi connectivity index (χ4n) is 3.52. The molecule has 6 heteroatoms. The highest BCUT2D eigenvalue weighted by Crippen LogP contribution is 2.50. The fraction of sp³-hybridized carbons (Fsp3) is 0.286. The molecule has 1 fully saturated rings. The number of hydrogen-bond donors (Lipinski definition) is 0. The monoisotopic (exact) mass is 380 g/mol. The molecule has 5 nitrogen and oxygen atoms in total. The van der Waals surface area contributed by atoms with E-state index in [0.717, 1.165) is 29.7 Å². The number of amides is 1. The number of carbonyl (C=O) groups is 1. The zero-order valence-electron chi connectivity index (χ0n) is 15.3. The lowest BCUT2D eigenvalue weighted by molar-refractivity contribution is -0.134. The second-order valence-electron chi connectivity index (χ2n) is 7.12. The van der Waals surface area contributed by atoms with Crippen LogP contribution in [0, 0.1) is 0 Å². The zero-order valence-corrected chi connectivity index (χ0v) is 16.1. The first-order chi connectivity index (χ1) is 13.0. The Morgan fingerprint density at radius 1 is 1.22 bits per heavy atom. The highest BCUT2D eigenvalue weighted by molar-refractivity contribution is 6.30. The SMILES string of the molecule is CC(c1ccc(-n2cncn2)cc1)N(C)C(=O)C1(c2cccc(Cl)c2)CC1. The first-order valence-corrected chi connectivity index (χ1v) is 9.37. The lowest BCUT2D eigenvalue weighted by atomic mass is 9.93. The highest BCUT2D eigenvalue weighted by atomic mass is 35.5. The van der Waals surface area contributed by atoms with Crippen LogP contribution in [0.5, 0.6) is 0 Å². The molecule has 0 aliphatic heterocycles. The van der Waals surface area contributed by atoms with Crippen LogP contribution in [0.4, 0.5) is 0 Å². The van der Waals surface area contributed by atoms with Crippen LogP contribution in [0.3, 0.4) is 0 Å². The minimum Gasteiger partial charge on any atom is -0.338 e. The summed E-state index contributed by atoms with van der Waals surface area (Å²) in [5.74, 6) is 0.151. The summed E-state index contributed by atoms with van der Waals surface area (Å²) in [6.07, 6.45) is 4.91. The summed E-state index contributed by atoms with van der Waals surface area (Å²) >= 11 is 6.14. The fourth-order valence-corrected chi connectivity index (χ4v) is 3.71. The molecule has 1 atom stereocenters. The quantitative estimate of drug-likeness (QED) is 0.667. The predicted molar refractivity (Wildman–Crippen MR) is 105 cm³/mol. The van der Waals surface area contributed by atoms with Gasteiger partial charge < -0.3 is 4.90 Å². The van der Waals surface area contributed by atoms with Gasteiger partial charge in [0.1, 0.15) is 12.7 Å². The minimum absolute atomic E-state index is 0.0287. The second kappa shape index (κ2) is 6.82. The highest BCUT2D eigenvalue weighted by Gasteiger charge is 2.53. The molecule has 1 saturated carbocycles. The first kappa shape index (κ1) is 17.7. The van der Waals surface area contributed by atoms with Gasteiger partial charge in [-0.05, 0) is 55.2 Å². The maximum Gasteiger partial charge on any atom is 0.233 e. The third-order valence-electron chi connectivity index (χ3n) is 5.50. The van der Waals surface area contributed by atoms with Crippen LogP contribution >= 0.6 is 11.6 Å². The third-order valence-corrected chi connectivity index (χ3v) is 5.73. The summed E-state index contributed by atoms with van der Waals surface area (Å²) in [5.41, 5.74) is 2.61. The minimum atomic E-state index is -0.422. The van der Waals surface area contributed by atoms with Crippen LogP contribution in [0.25, 0.3) is 5.69 Å². The van der Waals surface area contributed by atoms with Gasteiger partial charge in [-0.15, -0.1) is 0 Å². The molecule has 27 heavy (non-hydrogen) atoms. The number of aromatic nitrogens is 3. The van der Waals surface area contributed by atoms with Crippen LogP contribution in [0.15, 0.2) is 61.2 Å². The first-order valence-electron chi connectivity index (χ1n) is 8.99. The van der Waals surface area contributed by atoms with E-state index in [4.69, 9.17) is 11.6 Å². The molecule has 0 radical (unpaired) electrons. The van der Waals surface area contributed by atoms with Crippen LogP contribution < -0.4 is 0 Å². The van der Waals surface area contributed by atoms with Crippen LogP contribution in [0.2, 0.25) is 5.02 Å². The van der Waals surface area contributed by atoms with Gasteiger partial charge in [0.15, 0.2) is 0 Å². The molecule has 0 spiro atoms. The van der Waals surface area contributed by atoms with Gasteiger partial charge in [0.25, 0.3) is 0 Å². The summed E-state index contributed by atoms with van der Waals surface area (Å²) in [6.45, 7) is 2.05. The lowest BCUT2D eigenvalue weighted by Gasteiger charge is -2.30. The number of halogens is 1. The topological polar surface area (TPSA) is 51.0 Å². The molecule has 2 aromatic carbocycles. The molecule has 0 saturated heterocycles. The van der Waals surface area contributed by atoms with Crippen molar-refractivity contribution in [3.63, 3.8) is 0 Å². The standard InChI is InChI=1S/C21H21ClN4O/c1-15(16-6-8-19(9-7-16)26-14-23-13-24-26)25(2)20(27)21(10-11-21)17-4-3-5-18(22)12-17/h3-9,12-15H,10-11H2,1-2H3. The largest absolute Gasteiger partial charge is 0.338 e. The van der Waals surface area contributed by atoms with Gasteiger partial charge >= 0.3 is 0 Å². The van der Waals surface area contributed by atoms with Crippen LogP contribution in [-0.4, -0.2) is 32.6 Å². The van der Waals surface area contributed by atoms with Gasteiger partial charge in [0, 0.05) is 12.1 Å². The van der Waals surface area contributed by atoms with Crippen molar-refractivity contribution < 1.29 is 4.79 Å². The number of benzene rings is 2. The summed E-state index contributed by atoms with van der Waals surface area (Å²) in [5, 5.41) is 4.81. The molecule has 1 unspecified atom stereocenters. The Labute approximate surface area is 163 Å². The molecule has 1 amide bonds. The third kappa shape index (κ3) is 3.23. The van der Waals surface area contributed by atoms with Crippen molar-refractivity contribution in [2.24, 2.45) is 0 Å². The predicted octanol–water partition coefficient (Wildman–Crippen LogP) is 4.17. The summed E-state index contributed by atoms with van der Waals surface area (Å²) in [4.78, 5) is 19.1. The number of hydrogen-bond acceptors (Lipinski definition) is 3. The molecule has 1 aliphatic carbocycles. The van der Waals surface area contributed by atoms with Crippen molar-refractivity contribution in [1.82, 2.24) is 19.7 Å². The van der Waals surface area contributed by atoms with Crippen molar-refractivity contribution in [2.45, 2.75) is 31.2 Å². The Hall–Kier alpha value is -2.66. The van der Waals surface area contributed by atoms with E-state index in [-0.39, 0.29) is 11.9 Å². The summed E-state index contributed by atoms with van der Waals surface area (Å²) < 4.78 is 1.71. The normalized spacial score (nSPS) is 16.0. The van der Waals surface area contributed by atoms with E-state index in [2.05, 4.69) is 17.0 Å². The average molecular weight is 381 g/mol. The zero-order chi connectivity index (χ0) is 19.0. The number of rotatable bonds is 5. The Bertz CT molecular complexity index is 949. The number of nitrogens with zero attached hydrogens (tertiary/aromatic N) is 4. The number of carbonyl (C=O) groups excluding carboxylic acids is 1. The van der Waals surface area contributed by atoms with E-state index in [9.17, 15) is 4.79 Å². The van der Waals surface area contributed by atoms with E-state index in [1.54, 1.807) is 11.0 Å². The summed E-state index contributed by atoms with van der Waals surface area (Å²) in [7, 11) is 1.88. The summed E-state index contributed by atoms with van der Waals surface area (Å²) in [6, 6.07) is 15.7. The average Bonchev–Trinajstić information content (AvgIpc) is 3.33. The Kier molecular flexibility index (Phi) is 4.48. The molecular formula is C21H21ClN4O. The van der Waals surface area contributed by atoms with E-state index in [0.29, 0.717) is 5.02 Å². The van der Waals surface area contributed by atoms with Crippen molar-refractivity contribution in [2.75, 3.05) is 7.05 Å². The Morgan fingerprint density at radius 3 is 2.56 bits per heavy atom. The molecule has 3 aromatic rings. The molecule has 138 valence electrons. The van der Waals surface area contributed by atoms with Gasteiger partial charge in [-0.2, -0.15) is 5.10 Å². The van der Waals surface area contributed by atoms with Gasteiger partial charge in [-0.25, -0.2) is 9.67 Å². The number of likely N-dealkylation sites (N-methyl/N-ethyl adjacent to an activating group) is 1. The van der Waals surface area contributed by atoms with E-state index in [1.807, 2.05) is 60.5 Å². The van der Waals surface area contributed by atoms with Crippen LogP contribution in [-0.2, 0) is 10.2 Å². The Morgan fingerprint density at radius 2 is 1.96 bits per heavy atom. The molecular weight excluding hydrogens is 360 g/mol. The second-order valence-corrected chi connectivity index (χ2v) is 7.55. The molecule has 1 heterocycles. The van der Waals surface area contributed by atoms with Gasteiger partial charge in [0.2, 0.25) is 5.91 Å². The molecule has 0 bridgehead atoms. The smallest absolute Gasteiger partial charge is 0.233 e. The van der Waals surface area contributed by atoms with Gasteiger partial charge in [-0.3, -0.25) is 4.79 Å². The molecule has 0 N–H and O–H groups in total. The van der Waals surface area contributed by atoms with Crippen molar-refractivity contribution >= 4 is 17.5 Å². The van der Waals surface area contributed by atoms with Crippen molar-refractivity contribution in [1.29, 1.82) is 0 Å². The van der Waals surface area contributed by atoms with Gasteiger partial charge in [0.05, 0.1) is 17.1 Å². The molecule has 1 aliphatic rings. The van der Waals surface area contributed by atoms with Crippen molar-refractivity contribution in [3.05, 3.63) is 77.3 Å².